The lowest BCUT2D eigenvalue weighted by atomic mass is 10.1. The van der Waals surface area contributed by atoms with Gasteiger partial charge in [0.2, 0.25) is 0 Å². The Balaban J connectivity index is 1.73. The van der Waals surface area contributed by atoms with Gasteiger partial charge in [-0.1, -0.05) is 30.3 Å². The van der Waals surface area contributed by atoms with Crippen molar-refractivity contribution in [1.29, 1.82) is 0 Å². The van der Waals surface area contributed by atoms with Crippen LogP contribution in [-0.4, -0.2) is 24.4 Å². The number of imidazole rings is 1. The van der Waals surface area contributed by atoms with Crippen molar-refractivity contribution in [3.05, 3.63) is 90.8 Å². The first-order chi connectivity index (χ1) is 12.7. The maximum absolute atomic E-state index is 13.9. The molecule has 2 aromatic heterocycles. The standard InChI is InChI=1S/C20H17FN4O/c21-16-7-8-18(25-11-4-9-23-25)17(13-16)20-22-10-12-24(20)14-19(26)15-5-2-1-3-6-15/h1-13,19,26H,14H2. The van der Waals surface area contributed by atoms with Crippen LogP contribution in [0.4, 0.5) is 4.39 Å². The van der Waals surface area contributed by atoms with Gasteiger partial charge in [0.05, 0.1) is 18.3 Å². The zero-order chi connectivity index (χ0) is 17.9. The summed E-state index contributed by atoms with van der Waals surface area (Å²) in [6.45, 7) is 0.314. The SMILES string of the molecule is OC(Cn1ccnc1-c1cc(F)ccc1-n1cccn1)c1ccccc1. The van der Waals surface area contributed by atoms with Crippen LogP contribution < -0.4 is 0 Å². The summed E-state index contributed by atoms with van der Waals surface area (Å²) in [4.78, 5) is 4.39. The molecule has 1 unspecified atom stereocenters. The molecule has 0 fully saturated rings. The largest absolute Gasteiger partial charge is 0.387 e. The maximum atomic E-state index is 13.9. The summed E-state index contributed by atoms with van der Waals surface area (Å²) in [5, 5.41) is 14.8. The van der Waals surface area contributed by atoms with Gasteiger partial charge in [0.15, 0.2) is 0 Å². The average molecular weight is 348 g/mol. The molecule has 0 amide bonds. The van der Waals surface area contributed by atoms with Crippen molar-refractivity contribution < 1.29 is 9.50 Å². The Kier molecular flexibility index (Phi) is 4.33. The maximum Gasteiger partial charge on any atom is 0.142 e. The van der Waals surface area contributed by atoms with E-state index in [-0.39, 0.29) is 5.82 Å². The third-order valence-electron chi connectivity index (χ3n) is 4.22. The Morgan fingerprint density at radius 2 is 1.85 bits per heavy atom. The summed E-state index contributed by atoms with van der Waals surface area (Å²) in [6.07, 6.45) is 6.19. The average Bonchev–Trinajstić information content (AvgIpc) is 3.34. The molecule has 0 saturated heterocycles. The number of hydrogen-bond donors (Lipinski definition) is 1. The van der Waals surface area contributed by atoms with Crippen LogP contribution in [0.25, 0.3) is 17.1 Å². The summed E-state index contributed by atoms with van der Waals surface area (Å²) in [5.74, 6) is 0.221. The minimum absolute atomic E-state index is 0.314. The molecule has 1 atom stereocenters. The van der Waals surface area contributed by atoms with E-state index in [0.29, 0.717) is 17.9 Å². The Bertz CT molecular complexity index is 996. The van der Waals surface area contributed by atoms with E-state index >= 15 is 0 Å². The molecular formula is C20H17FN4O. The highest BCUT2D eigenvalue weighted by molar-refractivity contribution is 5.67. The van der Waals surface area contributed by atoms with E-state index in [4.69, 9.17) is 0 Å². The molecule has 6 heteroatoms. The van der Waals surface area contributed by atoms with Crippen molar-refractivity contribution in [2.45, 2.75) is 12.6 Å². The Morgan fingerprint density at radius 1 is 1.00 bits per heavy atom. The topological polar surface area (TPSA) is 55.9 Å². The minimum Gasteiger partial charge on any atom is -0.387 e. The number of benzene rings is 2. The monoisotopic (exact) mass is 348 g/mol. The second kappa shape index (κ2) is 6.93. The Hall–Kier alpha value is -3.25. The molecular weight excluding hydrogens is 331 g/mol. The van der Waals surface area contributed by atoms with Gasteiger partial charge >= 0.3 is 0 Å². The molecule has 0 aliphatic rings. The fourth-order valence-corrected chi connectivity index (χ4v) is 2.97. The van der Waals surface area contributed by atoms with Crippen LogP contribution in [0.1, 0.15) is 11.7 Å². The second-order valence-electron chi connectivity index (χ2n) is 5.94. The molecule has 2 heterocycles. The molecule has 0 spiro atoms. The molecule has 0 radical (unpaired) electrons. The normalized spacial score (nSPS) is 12.2. The lowest BCUT2D eigenvalue weighted by Crippen LogP contribution is -2.10. The predicted octanol–water partition coefficient (Wildman–Crippen LogP) is 3.61. The van der Waals surface area contributed by atoms with Crippen LogP contribution in [0.5, 0.6) is 0 Å². The van der Waals surface area contributed by atoms with Gasteiger partial charge in [0.1, 0.15) is 11.6 Å². The number of aromatic nitrogens is 4. The highest BCUT2D eigenvalue weighted by Crippen LogP contribution is 2.27. The Labute approximate surface area is 150 Å². The number of nitrogens with zero attached hydrogens (tertiary/aromatic N) is 4. The van der Waals surface area contributed by atoms with E-state index in [2.05, 4.69) is 10.1 Å². The quantitative estimate of drug-likeness (QED) is 0.599. The summed E-state index contributed by atoms with van der Waals surface area (Å²) in [5.41, 5.74) is 2.15. The van der Waals surface area contributed by atoms with E-state index in [9.17, 15) is 9.50 Å². The van der Waals surface area contributed by atoms with Crippen LogP contribution in [-0.2, 0) is 6.54 Å². The van der Waals surface area contributed by atoms with Gasteiger partial charge in [-0.2, -0.15) is 5.10 Å². The van der Waals surface area contributed by atoms with Crippen LogP contribution in [0.3, 0.4) is 0 Å². The van der Waals surface area contributed by atoms with Crippen molar-refractivity contribution in [2.24, 2.45) is 0 Å². The molecule has 4 rings (SSSR count). The number of aliphatic hydroxyl groups excluding tert-OH is 1. The van der Waals surface area contributed by atoms with Gasteiger partial charge in [-0.25, -0.2) is 14.1 Å². The third kappa shape index (κ3) is 3.14. The van der Waals surface area contributed by atoms with Crippen LogP contribution in [0, 0.1) is 5.82 Å². The summed E-state index contributed by atoms with van der Waals surface area (Å²) in [6, 6.07) is 15.7. The molecule has 5 nitrogen and oxygen atoms in total. The lowest BCUT2D eigenvalue weighted by molar-refractivity contribution is 0.157. The minimum atomic E-state index is -0.689. The molecule has 0 aliphatic carbocycles. The fourth-order valence-electron chi connectivity index (χ4n) is 2.97. The first kappa shape index (κ1) is 16.2. The summed E-state index contributed by atoms with van der Waals surface area (Å²) in [7, 11) is 0. The highest BCUT2D eigenvalue weighted by Gasteiger charge is 2.16. The van der Waals surface area contributed by atoms with E-state index < -0.39 is 6.10 Å². The first-order valence-electron chi connectivity index (χ1n) is 8.26. The van der Waals surface area contributed by atoms with Gasteiger partial charge in [-0.3, -0.25) is 0 Å². The zero-order valence-corrected chi connectivity index (χ0v) is 13.9. The van der Waals surface area contributed by atoms with E-state index in [0.717, 1.165) is 11.3 Å². The molecule has 0 saturated carbocycles. The third-order valence-corrected chi connectivity index (χ3v) is 4.22. The molecule has 26 heavy (non-hydrogen) atoms. The molecule has 0 aliphatic heterocycles. The van der Waals surface area contributed by atoms with Gasteiger partial charge in [-0.15, -0.1) is 0 Å². The van der Waals surface area contributed by atoms with Gasteiger partial charge in [0.25, 0.3) is 0 Å². The smallest absolute Gasteiger partial charge is 0.142 e. The van der Waals surface area contributed by atoms with Crippen molar-refractivity contribution in [3.63, 3.8) is 0 Å². The zero-order valence-electron chi connectivity index (χ0n) is 13.9. The Morgan fingerprint density at radius 3 is 2.62 bits per heavy atom. The molecule has 130 valence electrons. The first-order valence-corrected chi connectivity index (χ1v) is 8.26. The number of hydrogen-bond acceptors (Lipinski definition) is 3. The number of halogens is 1. The molecule has 4 aromatic rings. The lowest BCUT2D eigenvalue weighted by Gasteiger charge is -2.16. The summed E-state index contributed by atoms with van der Waals surface area (Å²) >= 11 is 0. The second-order valence-corrected chi connectivity index (χ2v) is 5.94. The molecule has 1 N–H and O–H groups in total. The van der Waals surface area contributed by atoms with Gasteiger partial charge in [-0.05, 0) is 29.8 Å². The van der Waals surface area contributed by atoms with E-state index in [1.807, 2.05) is 34.9 Å². The fraction of sp³-hybridized carbons (Fsp3) is 0.100. The van der Waals surface area contributed by atoms with E-state index in [1.54, 1.807) is 41.6 Å². The van der Waals surface area contributed by atoms with Crippen molar-refractivity contribution in [3.8, 4) is 17.1 Å². The molecule has 2 aromatic carbocycles. The highest BCUT2D eigenvalue weighted by atomic mass is 19.1. The van der Waals surface area contributed by atoms with Crippen molar-refractivity contribution in [1.82, 2.24) is 19.3 Å². The van der Waals surface area contributed by atoms with Crippen LogP contribution in [0.15, 0.2) is 79.4 Å². The van der Waals surface area contributed by atoms with Gasteiger partial charge < -0.3 is 9.67 Å². The number of rotatable bonds is 5. The van der Waals surface area contributed by atoms with Crippen LogP contribution in [0.2, 0.25) is 0 Å². The van der Waals surface area contributed by atoms with Crippen molar-refractivity contribution >= 4 is 0 Å². The van der Waals surface area contributed by atoms with Crippen LogP contribution >= 0.6 is 0 Å². The summed E-state index contributed by atoms with van der Waals surface area (Å²) < 4.78 is 17.4. The van der Waals surface area contributed by atoms with Crippen molar-refractivity contribution in [2.75, 3.05) is 0 Å². The van der Waals surface area contributed by atoms with E-state index in [1.165, 1.54) is 12.1 Å². The molecule has 0 bridgehead atoms. The predicted molar refractivity (Wildman–Crippen MR) is 96.1 cm³/mol. The van der Waals surface area contributed by atoms with Gasteiger partial charge in [0, 0.05) is 30.4 Å². The number of aliphatic hydroxyl groups is 1.